The van der Waals surface area contributed by atoms with Crippen LogP contribution < -0.4 is 0 Å². The zero-order valence-electron chi connectivity index (χ0n) is 19.0. The molecule has 2 aromatic heterocycles. The molecule has 0 unspecified atom stereocenters. The van der Waals surface area contributed by atoms with E-state index < -0.39 is 33.4 Å². The van der Waals surface area contributed by atoms with Gasteiger partial charge in [-0.15, -0.1) is 16.6 Å². The van der Waals surface area contributed by atoms with Gasteiger partial charge >= 0.3 is 0 Å². The Kier molecular flexibility index (Phi) is 6.11. The smallest absolute Gasteiger partial charge is 0.294 e. The van der Waals surface area contributed by atoms with Crippen LogP contribution in [0.1, 0.15) is 16.2 Å². The molecule has 0 N–H and O–H groups in total. The fraction of sp³-hybridized carbons (Fsp3) is 0.0769. The van der Waals surface area contributed by atoms with Crippen LogP contribution in [0.3, 0.4) is 0 Å². The quantitative estimate of drug-likeness (QED) is 0.318. The Morgan fingerprint density at radius 3 is 2.46 bits per heavy atom. The van der Waals surface area contributed by atoms with Crippen LogP contribution in [-0.4, -0.2) is 44.9 Å². The third-order valence-corrected chi connectivity index (χ3v) is 7.32. The first-order valence-corrected chi connectivity index (χ1v) is 12.4. The maximum Gasteiger partial charge on any atom is 0.294 e. The zero-order chi connectivity index (χ0) is 26.2. The average Bonchev–Trinajstić information content (AvgIpc) is 3.22. The van der Waals surface area contributed by atoms with Crippen molar-refractivity contribution in [2.24, 2.45) is 0 Å². The molecular weight excluding hydrogens is 500 g/mol. The van der Waals surface area contributed by atoms with E-state index in [4.69, 9.17) is 6.42 Å². The van der Waals surface area contributed by atoms with Gasteiger partial charge in [-0.25, -0.2) is 26.2 Å². The summed E-state index contributed by atoms with van der Waals surface area (Å²) in [5.41, 5.74) is 0.397. The average molecular weight is 518 g/mol. The highest BCUT2D eigenvalue weighted by Crippen LogP contribution is 2.30. The summed E-state index contributed by atoms with van der Waals surface area (Å²) >= 11 is 0. The Morgan fingerprint density at radius 1 is 0.973 bits per heavy atom. The highest BCUT2D eigenvalue weighted by Gasteiger charge is 2.28. The van der Waals surface area contributed by atoms with Crippen LogP contribution >= 0.6 is 0 Å². The minimum Gasteiger partial charge on any atom is -0.320 e. The summed E-state index contributed by atoms with van der Waals surface area (Å²) < 4.78 is 55.9. The molecule has 0 aliphatic heterocycles. The second kappa shape index (κ2) is 9.40. The molecule has 5 rings (SSSR count). The van der Waals surface area contributed by atoms with E-state index in [1.54, 1.807) is 24.3 Å². The zero-order valence-corrected chi connectivity index (χ0v) is 19.9. The predicted molar refractivity (Wildman–Crippen MR) is 132 cm³/mol. The Bertz CT molecular complexity index is 1820. The van der Waals surface area contributed by atoms with Crippen LogP contribution in [0.2, 0.25) is 0 Å². The number of carbonyl (C=O) groups is 1. The molecule has 184 valence electrons. The van der Waals surface area contributed by atoms with E-state index in [-0.39, 0.29) is 40.1 Å². The number of nitrogens with zero attached hydrogens (tertiary/aromatic N) is 5. The van der Waals surface area contributed by atoms with Gasteiger partial charge in [-0.1, -0.05) is 36.3 Å². The van der Waals surface area contributed by atoms with Gasteiger partial charge in [0, 0.05) is 11.9 Å². The second-order valence-electron chi connectivity index (χ2n) is 8.05. The second-order valence-corrected chi connectivity index (χ2v) is 9.83. The van der Waals surface area contributed by atoms with Crippen LogP contribution in [-0.2, 0) is 16.6 Å². The molecule has 5 aromatic rings. The topological polar surface area (TPSA) is 98.0 Å². The van der Waals surface area contributed by atoms with E-state index in [1.807, 2.05) is 0 Å². The molecule has 0 aliphatic rings. The molecule has 2 heterocycles. The van der Waals surface area contributed by atoms with Crippen molar-refractivity contribution < 1.29 is 22.0 Å². The highest BCUT2D eigenvalue weighted by molar-refractivity contribution is 7.90. The maximum absolute atomic E-state index is 14.1. The fourth-order valence-corrected chi connectivity index (χ4v) is 5.45. The number of benzene rings is 3. The molecule has 1 amide bonds. The normalized spacial score (nSPS) is 11.5. The molecule has 0 spiro atoms. The molecule has 0 saturated heterocycles. The highest BCUT2D eigenvalue weighted by atomic mass is 32.2. The molecule has 37 heavy (non-hydrogen) atoms. The molecule has 3 aromatic carbocycles. The van der Waals surface area contributed by atoms with Gasteiger partial charge < -0.3 is 4.90 Å². The van der Waals surface area contributed by atoms with Gasteiger partial charge in [0.25, 0.3) is 15.9 Å². The molecule has 8 nitrogen and oxygen atoms in total. The summed E-state index contributed by atoms with van der Waals surface area (Å²) in [4.78, 5) is 18.7. The van der Waals surface area contributed by atoms with Crippen molar-refractivity contribution in [2.75, 3.05) is 6.54 Å². The minimum absolute atomic E-state index is 0.000753. The third kappa shape index (κ3) is 4.39. The fourth-order valence-electron chi connectivity index (χ4n) is 3.96. The number of hydrogen-bond acceptors (Lipinski definition) is 6. The van der Waals surface area contributed by atoms with Crippen molar-refractivity contribution in [3.05, 3.63) is 95.8 Å². The number of rotatable bonds is 6. The molecule has 0 bridgehead atoms. The Morgan fingerprint density at radius 2 is 1.73 bits per heavy atom. The van der Waals surface area contributed by atoms with Gasteiger partial charge in [-0.3, -0.25) is 4.79 Å². The number of carbonyl (C=O) groups excluding carboxylic acids is 1. The first kappa shape index (κ1) is 24.0. The van der Waals surface area contributed by atoms with E-state index in [0.29, 0.717) is 5.56 Å². The van der Waals surface area contributed by atoms with Crippen molar-refractivity contribution in [2.45, 2.75) is 11.4 Å². The van der Waals surface area contributed by atoms with E-state index in [9.17, 15) is 22.0 Å². The molecular formula is C26H17F2N5O3S. The standard InChI is InChI=1S/C26H17F2N5O3S/c1-2-13-32(16-17-7-6-8-18(27)14-17)26(34)24-29-25-23(30-31-24)21-15-19(28)11-12-22(21)33(25)37(35,36)20-9-4-3-5-10-20/h1,3-12,14-15H,13,16H2. The summed E-state index contributed by atoms with van der Waals surface area (Å²) in [5, 5.41) is 8.09. The maximum atomic E-state index is 14.1. The van der Waals surface area contributed by atoms with E-state index in [2.05, 4.69) is 21.1 Å². The lowest BCUT2D eigenvalue weighted by atomic mass is 10.2. The summed E-state index contributed by atoms with van der Waals surface area (Å²) in [6, 6.07) is 16.8. The lowest BCUT2D eigenvalue weighted by Crippen LogP contribution is -2.32. The van der Waals surface area contributed by atoms with Crippen LogP contribution in [0.25, 0.3) is 22.1 Å². The van der Waals surface area contributed by atoms with Crippen molar-refractivity contribution in [1.82, 2.24) is 24.1 Å². The number of halogens is 2. The van der Waals surface area contributed by atoms with Crippen molar-refractivity contribution in [1.29, 1.82) is 0 Å². The van der Waals surface area contributed by atoms with Crippen molar-refractivity contribution in [3.63, 3.8) is 0 Å². The van der Waals surface area contributed by atoms with E-state index in [1.165, 1.54) is 41.3 Å². The van der Waals surface area contributed by atoms with Crippen molar-refractivity contribution in [3.8, 4) is 12.3 Å². The van der Waals surface area contributed by atoms with E-state index in [0.717, 1.165) is 16.1 Å². The number of terminal acetylenes is 1. The van der Waals surface area contributed by atoms with Gasteiger partial charge in [-0.2, -0.15) is 0 Å². The summed E-state index contributed by atoms with van der Waals surface area (Å²) in [6.45, 7) is -0.189. The molecule has 0 radical (unpaired) electrons. The first-order valence-electron chi connectivity index (χ1n) is 10.9. The number of aromatic nitrogens is 4. The van der Waals surface area contributed by atoms with Gasteiger partial charge in [0.05, 0.1) is 17.0 Å². The molecule has 11 heteroatoms. The summed E-state index contributed by atoms with van der Waals surface area (Å²) in [6.07, 6.45) is 5.44. The van der Waals surface area contributed by atoms with Crippen LogP contribution in [0, 0.1) is 24.0 Å². The molecule has 0 atom stereocenters. The van der Waals surface area contributed by atoms with Gasteiger partial charge in [0.15, 0.2) is 5.65 Å². The molecule has 0 aliphatic carbocycles. The SMILES string of the molecule is C#CCN(Cc1cccc(F)c1)C(=O)c1nnc2c3cc(F)ccc3n(S(=O)(=O)c3ccccc3)c2n1. The van der Waals surface area contributed by atoms with Crippen LogP contribution in [0.15, 0.2) is 77.7 Å². The first-order chi connectivity index (χ1) is 17.8. The number of amides is 1. The largest absolute Gasteiger partial charge is 0.320 e. The number of fused-ring (bicyclic) bond motifs is 3. The summed E-state index contributed by atoms with van der Waals surface area (Å²) in [5.74, 6) is 0.116. The lowest BCUT2D eigenvalue weighted by molar-refractivity contribution is 0.0752. The summed E-state index contributed by atoms with van der Waals surface area (Å²) in [7, 11) is -4.22. The number of hydrogen-bond donors (Lipinski definition) is 0. The molecule has 0 saturated carbocycles. The Balaban J connectivity index is 1.68. The minimum atomic E-state index is -4.22. The van der Waals surface area contributed by atoms with E-state index >= 15 is 0 Å². The molecule has 0 fully saturated rings. The van der Waals surface area contributed by atoms with Crippen LogP contribution in [0.4, 0.5) is 8.78 Å². The third-order valence-electron chi connectivity index (χ3n) is 5.60. The lowest BCUT2D eigenvalue weighted by Gasteiger charge is -2.19. The van der Waals surface area contributed by atoms with Gasteiger partial charge in [0.1, 0.15) is 17.2 Å². The Labute approximate surface area is 210 Å². The monoisotopic (exact) mass is 517 g/mol. The van der Waals surface area contributed by atoms with Crippen molar-refractivity contribution >= 4 is 38.0 Å². The Hall–Kier alpha value is -4.69. The van der Waals surface area contributed by atoms with Crippen LogP contribution in [0.5, 0.6) is 0 Å². The predicted octanol–water partition coefficient (Wildman–Crippen LogP) is 3.77. The van der Waals surface area contributed by atoms with Gasteiger partial charge in [0.2, 0.25) is 5.82 Å². The van der Waals surface area contributed by atoms with Gasteiger partial charge in [-0.05, 0) is 48.0 Å².